The molecule has 0 heterocycles. The van der Waals surface area contributed by atoms with Gasteiger partial charge in [-0.15, -0.1) is 0 Å². The van der Waals surface area contributed by atoms with Gasteiger partial charge in [0.25, 0.3) is 0 Å². The maximum Gasteiger partial charge on any atom is 0.309 e. The van der Waals surface area contributed by atoms with Crippen molar-refractivity contribution in [3.8, 4) is 0 Å². The average molecular weight is 319 g/mol. The lowest BCUT2D eigenvalue weighted by atomic mass is 9.40. The molecule has 0 aromatic heterocycles. The molecule has 0 aromatic carbocycles. The summed E-state index contributed by atoms with van der Waals surface area (Å²) in [5, 5.41) is 9.94. The molecule has 3 fully saturated rings. The zero-order valence-corrected chi connectivity index (χ0v) is 15.3. The SMILES string of the molecule is C=C1CC[C@@H]2[C@](CCC)(CC[C@H]3[C@@]2(C)CCC[C@@]3(C)C(=O)O)C1. The van der Waals surface area contributed by atoms with Crippen LogP contribution in [0.1, 0.15) is 85.0 Å². The van der Waals surface area contributed by atoms with Crippen LogP contribution in [0.15, 0.2) is 12.2 Å². The Hall–Kier alpha value is -0.790. The molecule has 1 N–H and O–H groups in total. The Morgan fingerprint density at radius 3 is 2.61 bits per heavy atom. The summed E-state index contributed by atoms with van der Waals surface area (Å²) in [4.78, 5) is 12.1. The molecule has 0 aromatic rings. The largest absolute Gasteiger partial charge is 0.481 e. The third kappa shape index (κ3) is 2.39. The van der Waals surface area contributed by atoms with Gasteiger partial charge in [-0.1, -0.05) is 38.8 Å². The van der Waals surface area contributed by atoms with E-state index in [-0.39, 0.29) is 5.41 Å². The van der Waals surface area contributed by atoms with E-state index in [0.717, 1.165) is 25.7 Å². The molecule has 3 aliphatic rings. The number of hydrogen-bond acceptors (Lipinski definition) is 1. The van der Waals surface area contributed by atoms with E-state index in [4.69, 9.17) is 0 Å². The van der Waals surface area contributed by atoms with E-state index in [0.29, 0.717) is 17.3 Å². The number of rotatable bonds is 3. The maximum atomic E-state index is 12.1. The van der Waals surface area contributed by atoms with Gasteiger partial charge < -0.3 is 5.11 Å². The molecule has 23 heavy (non-hydrogen) atoms. The highest BCUT2D eigenvalue weighted by Gasteiger charge is 2.62. The van der Waals surface area contributed by atoms with Gasteiger partial charge in [0.05, 0.1) is 5.41 Å². The molecule has 0 spiro atoms. The van der Waals surface area contributed by atoms with Crippen molar-refractivity contribution in [2.75, 3.05) is 0 Å². The molecule has 0 saturated heterocycles. The topological polar surface area (TPSA) is 37.3 Å². The van der Waals surface area contributed by atoms with Crippen LogP contribution in [0.2, 0.25) is 0 Å². The van der Waals surface area contributed by atoms with E-state index in [9.17, 15) is 9.90 Å². The van der Waals surface area contributed by atoms with Gasteiger partial charge in [0.15, 0.2) is 0 Å². The number of carbonyl (C=O) groups is 1. The zero-order chi connectivity index (χ0) is 16.9. The first kappa shape index (κ1) is 17.0. The van der Waals surface area contributed by atoms with Crippen LogP contribution >= 0.6 is 0 Å². The Morgan fingerprint density at radius 2 is 1.96 bits per heavy atom. The molecule has 0 amide bonds. The molecular weight excluding hydrogens is 284 g/mol. The van der Waals surface area contributed by atoms with Crippen molar-refractivity contribution in [3.63, 3.8) is 0 Å². The third-order valence-corrected chi connectivity index (χ3v) is 8.07. The van der Waals surface area contributed by atoms with Gasteiger partial charge in [0.2, 0.25) is 0 Å². The first-order chi connectivity index (χ1) is 10.8. The monoisotopic (exact) mass is 318 g/mol. The smallest absolute Gasteiger partial charge is 0.309 e. The Balaban J connectivity index is 2.01. The van der Waals surface area contributed by atoms with Crippen LogP contribution < -0.4 is 0 Å². The van der Waals surface area contributed by atoms with Gasteiger partial charge in [-0.3, -0.25) is 4.79 Å². The third-order valence-electron chi connectivity index (χ3n) is 8.07. The van der Waals surface area contributed by atoms with Gasteiger partial charge in [-0.25, -0.2) is 0 Å². The van der Waals surface area contributed by atoms with Crippen LogP contribution in [0.3, 0.4) is 0 Å². The Kier molecular flexibility index (Phi) is 4.18. The summed E-state index contributed by atoms with van der Waals surface area (Å²) in [6.45, 7) is 11.1. The number of hydrogen-bond donors (Lipinski definition) is 1. The lowest BCUT2D eigenvalue weighted by Gasteiger charge is -2.64. The second-order valence-electron chi connectivity index (χ2n) is 9.30. The van der Waals surface area contributed by atoms with Crippen LogP contribution in [-0.2, 0) is 4.79 Å². The van der Waals surface area contributed by atoms with E-state index < -0.39 is 11.4 Å². The summed E-state index contributed by atoms with van der Waals surface area (Å²) in [6, 6.07) is 0. The van der Waals surface area contributed by atoms with E-state index in [2.05, 4.69) is 20.4 Å². The summed E-state index contributed by atoms with van der Waals surface area (Å²) in [5.74, 6) is 0.484. The standard InChI is InChI=1S/C21H34O2/c1-5-10-21-13-9-16-19(3,17(21)8-7-15(2)14-21)11-6-12-20(16,4)18(22)23/h16-17H,2,5-14H2,1,3-4H3,(H,22,23)/t16-,17-,19+,20+,21+/m0/s1. The fourth-order valence-corrected chi connectivity index (χ4v) is 7.21. The molecular formula is C21H34O2. The minimum atomic E-state index is -0.559. The molecule has 3 saturated carbocycles. The molecule has 3 rings (SSSR count). The van der Waals surface area contributed by atoms with Crippen LogP contribution in [0.25, 0.3) is 0 Å². The molecule has 0 unspecified atom stereocenters. The molecule has 3 aliphatic carbocycles. The molecule has 0 radical (unpaired) electrons. The highest BCUT2D eigenvalue weighted by atomic mass is 16.4. The second kappa shape index (κ2) is 5.63. The maximum absolute atomic E-state index is 12.1. The lowest BCUT2D eigenvalue weighted by molar-refractivity contribution is -0.181. The Bertz CT molecular complexity index is 510. The summed E-state index contributed by atoms with van der Waals surface area (Å²) in [7, 11) is 0. The first-order valence-electron chi connectivity index (χ1n) is 9.68. The van der Waals surface area contributed by atoms with Crippen molar-refractivity contribution < 1.29 is 9.90 Å². The Labute approximate surface area is 141 Å². The Morgan fingerprint density at radius 1 is 1.22 bits per heavy atom. The van der Waals surface area contributed by atoms with Crippen LogP contribution in [0, 0.1) is 28.1 Å². The van der Waals surface area contributed by atoms with Gasteiger partial charge in [0.1, 0.15) is 0 Å². The van der Waals surface area contributed by atoms with E-state index in [1.54, 1.807) is 0 Å². The fraction of sp³-hybridized carbons (Fsp3) is 0.857. The van der Waals surface area contributed by atoms with Crippen LogP contribution in [0.5, 0.6) is 0 Å². The summed E-state index contributed by atoms with van der Waals surface area (Å²) in [6.07, 6.45) is 11.6. The van der Waals surface area contributed by atoms with Gasteiger partial charge in [0, 0.05) is 0 Å². The van der Waals surface area contributed by atoms with E-state index in [1.165, 1.54) is 44.1 Å². The van der Waals surface area contributed by atoms with Gasteiger partial charge in [-0.2, -0.15) is 0 Å². The highest BCUT2D eigenvalue weighted by Crippen LogP contribution is 2.68. The number of carboxylic acids is 1. The highest BCUT2D eigenvalue weighted by molar-refractivity contribution is 5.75. The number of allylic oxidation sites excluding steroid dienone is 1. The normalized spacial score (nSPS) is 46.8. The molecule has 2 nitrogen and oxygen atoms in total. The minimum absolute atomic E-state index is 0.208. The quantitative estimate of drug-likeness (QED) is 0.666. The molecule has 130 valence electrons. The van der Waals surface area contributed by atoms with Crippen LogP contribution in [0.4, 0.5) is 0 Å². The number of aliphatic carboxylic acids is 1. The van der Waals surface area contributed by atoms with Crippen molar-refractivity contribution >= 4 is 5.97 Å². The van der Waals surface area contributed by atoms with Gasteiger partial charge >= 0.3 is 5.97 Å². The average Bonchev–Trinajstić information content (AvgIpc) is 2.46. The minimum Gasteiger partial charge on any atom is -0.481 e. The summed E-state index contributed by atoms with van der Waals surface area (Å²) >= 11 is 0. The van der Waals surface area contributed by atoms with Crippen molar-refractivity contribution in [1.82, 2.24) is 0 Å². The van der Waals surface area contributed by atoms with E-state index in [1.807, 2.05) is 6.92 Å². The molecule has 5 atom stereocenters. The van der Waals surface area contributed by atoms with E-state index >= 15 is 0 Å². The molecule has 2 heteroatoms. The molecule has 0 aliphatic heterocycles. The van der Waals surface area contributed by atoms with Crippen molar-refractivity contribution in [1.29, 1.82) is 0 Å². The second-order valence-corrected chi connectivity index (χ2v) is 9.30. The van der Waals surface area contributed by atoms with Crippen LogP contribution in [-0.4, -0.2) is 11.1 Å². The zero-order valence-electron chi connectivity index (χ0n) is 15.3. The summed E-state index contributed by atoms with van der Waals surface area (Å²) in [5.41, 5.74) is 1.54. The fourth-order valence-electron chi connectivity index (χ4n) is 7.21. The van der Waals surface area contributed by atoms with Crippen molar-refractivity contribution in [2.24, 2.45) is 28.1 Å². The summed E-state index contributed by atoms with van der Waals surface area (Å²) < 4.78 is 0. The molecule has 0 bridgehead atoms. The predicted octanol–water partition coefficient (Wildman–Crippen LogP) is 5.82. The number of fused-ring (bicyclic) bond motifs is 3. The van der Waals surface area contributed by atoms with Crippen molar-refractivity contribution in [3.05, 3.63) is 12.2 Å². The first-order valence-corrected chi connectivity index (χ1v) is 9.68. The van der Waals surface area contributed by atoms with Crippen molar-refractivity contribution in [2.45, 2.75) is 85.0 Å². The predicted molar refractivity (Wildman–Crippen MR) is 94.2 cm³/mol. The lowest BCUT2D eigenvalue weighted by Crippen LogP contribution is -2.58. The number of carboxylic acid groups (broad SMARTS) is 1. The van der Waals surface area contributed by atoms with Gasteiger partial charge in [-0.05, 0) is 81.0 Å².